The van der Waals surface area contributed by atoms with E-state index in [2.05, 4.69) is 0 Å². The van der Waals surface area contributed by atoms with E-state index in [1.807, 2.05) is 27.7 Å². The summed E-state index contributed by atoms with van der Waals surface area (Å²) < 4.78 is 35.1. The van der Waals surface area contributed by atoms with E-state index >= 15 is 0 Å². The van der Waals surface area contributed by atoms with Gasteiger partial charge in [0.2, 0.25) is 17.0 Å². The summed E-state index contributed by atoms with van der Waals surface area (Å²) in [5, 5.41) is 0. The molecule has 0 aliphatic carbocycles. The van der Waals surface area contributed by atoms with Crippen molar-refractivity contribution in [1.82, 2.24) is 0 Å². The van der Waals surface area contributed by atoms with Gasteiger partial charge in [0.15, 0.2) is 0 Å². The first-order valence-electron chi connectivity index (χ1n) is 6.03. The number of nitroso groups, excluding NO2 is 1. The molecule has 1 aliphatic heterocycles. The number of piperidine rings is 1. The molecule has 0 atom stereocenters. The molecule has 1 rings (SSSR count). The molecule has 1 fully saturated rings. The Bertz CT molecular complexity index is 352. The SMILES string of the molecule is CC1(C)CC(CC(N)=O)CC(C)(C)[N+]1=O.[O-][Cl+3]([O-])([O-])[O-]. The molecule has 0 unspecified atom stereocenters. The van der Waals surface area contributed by atoms with Crippen molar-refractivity contribution in [2.45, 2.75) is 58.0 Å². The highest BCUT2D eigenvalue weighted by atomic mass is 35.7. The first-order chi connectivity index (χ1) is 8.65. The van der Waals surface area contributed by atoms with Crippen LogP contribution in [0.5, 0.6) is 0 Å². The quantitative estimate of drug-likeness (QED) is 0.531. The molecule has 9 heteroatoms. The second-order valence-electron chi connectivity index (χ2n) is 6.24. The Balaban J connectivity index is 0.000000621. The fourth-order valence-corrected chi connectivity index (χ4v) is 2.90. The van der Waals surface area contributed by atoms with Gasteiger partial charge in [-0.1, -0.05) is 0 Å². The zero-order chi connectivity index (χ0) is 16.4. The van der Waals surface area contributed by atoms with Crippen LogP contribution in [0.3, 0.4) is 0 Å². The molecule has 1 aliphatic rings. The van der Waals surface area contributed by atoms with Crippen LogP contribution in [0.2, 0.25) is 0 Å². The van der Waals surface area contributed by atoms with Crippen LogP contribution in [0.4, 0.5) is 0 Å². The van der Waals surface area contributed by atoms with Gasteiger partial charge in [-0.05, 0) is 5.92 Å². The van der Waals surface area contributed by atoms with Crippen LogP contribution >= 0.6 is 0 Å². The number of carbonyl (C=O) groups is 1. The van der Waals surface area contributed by atoms with Crippen LogP contribution in [-0.2, 0) is 4.79 Å². The smallest absolute Gasteiger partial charge is 0.217 e. The Kier molecular flexibility index (Phi) is 6.06. The molecule has 8 nitrogen and oxygen atoms in total. The van der Waals surface area contributed by atoms with E-state index < -0.39 is 21.3 Å². The Morgan fingerprint density at radius 3 is 1.70 bits per heavy atom. The van der Waals surface area contributed by atoms with E-state index in [-0.39, 0.29) is 11.8 Å². The first kappa shape index (κ1) is 19.2. The summed E-state index contributed by atoms with van der Waals surface area (Å²) in [6.07, 6.45) is 1.87. The van der Waals surface area contributed by atoms with Crippen molar-refractivity contribution in [3.63, 3.8) is 0 Å². The van der Waals surface area contributed by atoms with Crippen LogP contribution in [0.25, 0.3) is 0 Å². The number of carbonyl (C=O) groups excluding carboxylic acids is 1. The molecule has 0 aromatic heterocycles. The monoisotopic (exact) mass is 312 g/mol. The van der Waals surface area contributed by atoms with Crippen LogP contribution < -0.4 is 24.4 Å². The maximum Gasteiger partial charge on any atom is 0.217 e. The summed E-state index contributed by atoms with van der Waals surface area (Å²) in [4.78, 5) is 22.9. The molecule has 2 N–H and O–H groups in total. The van der Waals surface area contributed by atoms with Gasteiger partial charge in [0.05, 0.1) is 0 Å². The lowest BCUT2D eigenvalue weighted by Crippen LogP contribution is -2.68. The summed E-state index contributed by atoms with van der Waals surface area (Å²) in [5.41, 5.74) is 4.40. The van der Waals surface area contributed by atoms with Crippen molar-refractivity contribution in [2.75, 3.05) is 0 Å². The third-order valence-electron chi connectivity index (χ3n) is 3.17. The van der Waals surface area contributed by atoms with Crippen LogP contribution in [0, 0.1) is 21.1 Å². The van der Waals surface area contributed by atoms with Crippen molar-refractivity contribution in [3.05, 3.63) is 4.91 Å². The zero-order valence-corrected chi connectivity index (χ0v) is 12.8. The van der Waals surface area contributed by atoms with Gasteiger partial charge in [-0.25, -0.2) is 18.6 Å². The van der Waals surface area contributed by atoms with Crippen molar-refractivity contribution < 1.29 is 38.4 Å². The second-order valence-corrected chi connectivity index (χ2v) is 7.00. The van der Waals surface area contributed by atoms with E-state index in [1.165, 1.54) is 0 Å². The van der Waals surface area contributed by atoms with E-state index in [1.54, 1.807) is 0 Å². The summed E-state index contributed by atoms with van der Waals surface area (Å²) in [6.45, 7) is 7.70. The van der Waals surface area contributed by atoms with Crippen molar-refractivity contribution >= 4 is 5.91 Å². The highest BCUT2D eigenvalue weighted by molar-refractivity contribution is 5.74. The predicted octanol–water partition coefficient (Wildman–Crippen LogP) is -3.15. The molecular weight excluding hydrogens is 292 g/mol. The molecule has 1 heterocycles. The van der Waals surface area contributed by atoms with Gasteiger partial charge >= 0.3 is 0 Å². The van der Waals surface area contributed by atoms with Crippen molar-refractivity contribution in [1.29, 1.82) is 0 Å². The predicted molar refractivity (Wildman–Crippen MR) is 58.3 cm³/mol. The van der Waals surface area contributed by atoms with Crippen LogP contribution in [-0.4, -0.2) is 21.7 Å². The molecule has 20 heavy (non-hydrogen) atoms. The molecule has 0 saturated carbocycles. The fraction of sp³-hybridized carbons (Fsp3) is 0.909. The number of halogens is 1. The maximum absolute atomic E-state index is 12.0. The summed E-state index contributed by atoms with van der Waals surface area (Å²) in [6, 6.07) is 0. The molecule has 1 amide bonds. The Morgan fingerprint density at radius 2 is 1.45 bits per heavy atom. The summed E-state index contributed by atoms with van der Waals surface area (Å²) >= 11 is 0. The fourth-order valence-electron chi connectivity index (χ4n) is 2.90. The van der Waals surface area contributed by atoms with Crippen molar-refractivity contribution in [3.8, 4) is 0 Å². The van der Waals surface area contributed by atoms with Gasteiger partial charge in [0, 0.05) is 56.6 Å². The second kappa shape index (κ2) is 6.31. The number of nitrogens with zero attached hydrogens (tertiary/aromatic N) is 1. The molecule has 0 spiro atoms. The average Bonchev–Trinajstić information content (AvgIpc) is 2.08. The molecular formula is C11H21ClN2O6. The number of hydrogen-bond acceptors (Lipinski definition) is 6. The van der Waals surface area contributed by atoms with E-state index in [0.29, 0.717) is 6.42 Å². The first-order valence-corrected chi connectivity index (χ1v) is 7.26. The Morgan fingerprint density at radius 1 is 1.15 bits per heavy atom. The van der Waals surface area contributed by atoms with Gasteiger partial charge in [-0.3, -0.25) is 4.79 Å². The average molecular weight is 313 g/mol. The number of primary amides is 1. The third-order valence-corrected chi connectivity index (χ3v) is 3.17. The lowest BCUT2D eigenvalue weighted by atomic mass is 9.74. The molecule has 118 valence electrons. The lowest BCUT2D eigenvalue weighted by Gasteiger charge is -2.36. The van der Waals surface area contributed by atoms with Crippen LogP contribution in [0.1, 0.15) is 47.0 Å². The Hall–Kier alpha value is -0.800. The number of amides is 1. The highest BCUT2D eigenvalue weighted by Crippen LogP contribution is 2.38. The van der Waals surface area contributed by atoms with E-state index in [0.717, 1.165) is 17.6 Å². The minimum atomic E-state index is -4.94. The van der Waals surface area contributed by atoms with Gasteiger partial charge in [0.25, 0.3) is 0 Å². The molecule has 0 bridgehead atoms. The molecule has 0 radical (unpaired) electrons. The minimum absolute atomic E-state index is 0.234. The highest BCUT2D eigenvalue weighted by Gasteiger charge is 2.53. The summed E-state index contributed by atoms with van der Waals surface area (Å²) in [5.74, 6) is -0.0383. The van der Waals surface area contributed by atoms with Gasteiger partial charge in [-0.2, -0.15) is 0 Å². The molecule has 0 aromatic rings. The van der Waals surface area contributed by atoms with Crippen molar-refractivity contribution in [2.24, 2.45) is 11.7 Å². The zero-order valence-electron chi connectivity index (χ0n) is 12.1. The summed E-state index contributed by atoms with van der Waals surface area (Å²) in [7, 11) is -4.94. The van der Waals surface area contributed by atoms with Gasteiger partial charge < -0.3 is 5.73 Å². The minimum Gasteiger partial charge on any atom is -0.370 e. The molecule has 1 saturated heterocycles. The van der Waals surface area contributed by atoms with Gasteiger partial charge in [-0.15, -0.1) is 10.2 Å². The Labute approximate surface area is 119 Å². The number of hydrogen-bond donors (Lipinski definition) is 1. The molecule has 0 aromatic carbocycles. The maximum atomic E-state index is 12.0. The third kappa shape index (κ3) is 7.11. The van der Waals surface area contributed by atoms with Gasteiger partial charge in [0.1, 0.15) is 0 Å². The standard InChI is InChI=1S/C11H20N2O2.ClHO4/c1-10(2)6-8(5-9(12)14)7-11(3,4)13(10)15;2-1(3,4)5/h8H,5-7H2,1-4H3,(H-,12,14);(H,2,3,4,5). The van der Waals surface area contributed by atoms with Crippen LogP contribution in [0.15, 0.2) is 0 Å². The van der Waals surface area contributed by atoms with E-state index in [9.17, 15) is 9.70 Å². The number of rotatable bonds is 2. The number of nitrogens with two attached hydrogens (primary N) is 1. The lowest BCUT2D eigenvalue weighted by molar-refractivity contribution is -2.00. The normalized spacial score (nSPS) is 21.9. The largest absolute Gasteiger partial charge is 0.370 e. The topological polar surface area (TPSA) is 155 Å². The van der Waals surface area contributed by atoms with E-state index in [4.69, 9.17) is 24.4 Å².